The zero-order valence-electron chi connectivity index (χ0n) is 11.8. The number of nitrogens with zero attached hydrogens (tertiary/aromatic N) is 1. The summed E-state index contributed by atoms with van der Waals surface area (Å²) in [7, 11) is 1.43. The lowest BCUT2D eigenvalue weighted by Gasteiger charge is -2.27. The van der Waals surface area contributed by atoms with Gasteiger partial charge in [0.05, 0.1) is 25.7 Å². The van der Waals surface area contributed by atoms with E-state index in [0.717, 1.165) is 25.7 Å². The first kappa shape index (κ1) is 14.8. The summed E-state index contributed by atoms with van der Waals surface area (Å²) in [6.07, 6.45) is 5.35. The Bertz CT molecular complexity index is 489. The Morgan fingerprint density at radius 3 is 2.70 bits per heavy atom. The Morgan fingerprint density at radius 1 is 1.30 bits per heavy atom. The fourth-order valence-electron chi connectivity index (χ4n) is 2.59. The minimum atomic E-state index is -0.112. The van der Waals surface area contributed by atoms with Crippen molar-refractivity contribution in [1.82, 2.24) is 4.57 Å². The van der Waals surface area contributed by atoms with Crippen LogP contribution in [0.5, 0.6) is 0 Å². The molecule has 0 N–H and O–H groups in total. The molecule has 5 heteroatoms. The molecule has 1 aromatic rings. The topological polar surface area (TPSA) is 57.5 Å². The van der Waals surface area contributed by atoms with E-state index in [9.17, 15) is 9.59 Å². The highest BCUT2D eigenvalue weighted by atomic mass is 16.5. The van der Waals surface area contributed by atoms with E-state index in [1.807, 2.05) is 6.07 Å². The summed E-state index contributed by atoms with van der Waals surface area (Å²) in [5, 5.41) is 0. The van der Waals surface area contributed by atoms with Crippen LogP contribution in [0, 0.1) is 5.92 Å². The lowest BCUT2D eigenvalue weighted by molar-refractivity contribution is -0.147. The molecule has 0 radical (unpaired) electrons. The van der Waals surface area contributed by atoms with E-state index in [1.165, 1.54) is 7.11 Å². The molecule has 1 aromatic heterocycles. The maximum Gasteiger partial charge on any atom is 0.308 e. The SMILES string of the molecule is COC(=O)C1CCC(OCCn2ccccc2=O)CC1. The van der Waals surface area contributed by atoms with Crippen LogP contribution in [-0.4, -0.2) is 30.4 Å². The van der Waals surface area contributed by atoms with Crippen molar-refractivity contribution >= 4 is 5.97 Å². The molecule has 0 amide bonds. The van der Waals surface area contributed by atoms with Gasteiger partial charge in [0.2, 0.25) is 0 Å². The molecule has 1 aliphatic carbocycles. The second kappa shape index (κ2) is 7.24. The third kappa shape index (κ3) is 3.93. The third-order valence-electron chi connectivity index (χ3n) is 3.79. The fraction of sp³-hybridized carbons (Fsp3) is 0.600. The van der Waals surface area contributed by atoms with Gasteiger partial charge in [0, 0.05) is 18.8 Å². The number of hydrogen-bond donors (Lipinski definition) is 0. The van der Waals surface area contributed by atoms with Crippen molar-refractivity contribution in [3.63, 3.8) is 0 Å². The fourth-order valence-corrected chi connectivity index (χ4v) is 2.59. The molecule has 0 bridgehead atoms. The molecule has 0 atom stereocenters. The molecule has 0 spiro atoms. The standard InChI is InChI=1S/C15H21NO4/c1-19-15(18)12-5-7-13(8-6-12)20-11-10-16-9-3-2-4-14(16)17/h2-4,9,12-13H,5-8,10-11H2,1H3. The number of pyridine rings is 1. The Kier molecular flexibility index (Phi) is 5.35. The molecule has 0 aromatic carbocycles. The predicted octanol–water partition coefficient (Wildman–Crippen LogP) is 1.60. The van der Waals surface area contributed by atoms with E-state index in [4.69, 9.17) is 9.47 Å². The summed E-state index contributed by atoms with van der Waals surface area (Å²) in [6.45, 7) is 1.09. The number of aromatic nitrogens is 1. The van der Waals surface area contributed by atoms with E-state index < -0.39 is 0 Å². The normalized spacial score (nSPS) is 22.4. The number of esters is 1. The number of ether oxygens (including phenoxy) is 2. The van der Waals surface area contributed by atoms with E-state index in [-0.39, 0.29) is 23.6 Å². The quantitative estimate of drug-likeness (QED) is 0.768. The highest BCUT2D eigenvalue weighted by Gasteiger charge is 2.27. The molecule has 0 unspecified atom stereocenters. The molecular weight excluding hydrogens is 258 g/mol. The van der Waals surface area contributed by atoms with Gasteiger partial charge in [-0.25, -0.2) is 0 Å². The summed E-state index contributed by atoms with van der Waals surface area (Å²) < 4.78 is 12.2. The Balaban J connectivity index is 1.70. The lowest BCUT2D eigenvalue weighted by Crippen LogP contribution is -2.28. The number of carbonyl (C=O) groups is 1. The second-order valence-corrected chi connectivity index (χ2v) is 5.10. The zero-order valence-corrected chi connectivity index (χ0v) is 11.8. The van der Waals surface area contributed by atoms with E-state index in [1.54, 1.807) is 22.9 Å². The first-order valence-electron chi connectivity index (χ1n) is 7.05. The highest BCUT2D eigenvalue weighted by Crippen LogP contribution is 2.26. The molecule has 20 heavy (non-hydrogen) atoms. The van der Waals surface area contributed by atoms with Gasteiger partial charge in [0.25, 0.3) is 5.56 Å². The monoisotopic (exact) mass is 279 g/mol. The molecule has 2 rings (SSSR count). The Hall–Kier alpha value is -1.62. The second-order valence-electron chi connectivity index (χ2n) is 5.10. The van der Waals surface area contributed by atoms with E-state index >= 15 is 0 Å². The van der Waals surface area contributed by atoms with Gasteiger partial charge >= 0.3 is 5.97 Å². The van der Waals surface area contributed by atoms with Crippen LogP contribution in [-0.2, 0) is 20.8 Å². The number of methoxy groups -OCH3 is 1. The van der Waals surface area contributed by atoms with Crippen molar-refractivity contribution in [2.75, 3.05) is 13.7 Å². The summed E-state index contributed by atoms with van der Waals surface area (Å²) in [5.41, 5.74) is -0.00880. The van der Waals surface area contributed by atoms with Gasteiger partial charge in [0.15, 0.2) is 0 Å². The smallest absolute Gasteiger partial charge is 0.308 e. The molecule has 110 valence electrons. The maximum atomic E-state index is 11.5. The van der Waals surface area contributed by atoms with Gasteiger partial charge in [-0.1, -0.05) is 6.07 Å². The van der Waals surface area contributed by atoms with Crippen molar-refractivity contribution in [2.24, 2.45) is 5.92 Å². The van der Waals surface area contributed by atoms with E-state index in [2.05, 4.69) is 0 Å². The molecule has 0 saturated heterocycles. The molecule has 1 fully saturated rings. The van der Waals surface area contributed by atoms with Gasteiger partial charge in [-0.05, 0) is 31.7 Å². The predicted molar refractivity (Wildman–Crippen MR) is 74.4 cm³/mol. The van der Waals surface area contributed by atoms with Crippen LogP contribution >= 0.6 is 0 Å². The van der Waals surface area contributed by atoms with Crippen molar-refractivity contribution in [2.45, 2.75) is 38.3 Å². The van der Waals surface area contributed by atoms with Crippen LogP contribution in [0.4, 0.5) is 0 Å². The Morgan fingerprint density at radius 2 is 2.05 bits per heavy atom. The zero-order chi connectivity index (χ0) is 14.4. The number of carbonyl (C=O) groups excluding carboxylic acids is 1. The van der Waals surface area contributed by atoms with Crippen LogP contribution in [0.25, 0.3) is 0 Å². The maximum absolute atomic E-state index is 11.5. The average Bonchev–Trinajstić information content (AvgIpc) is 2.49. The van der Waals surface area contributed by atoms with Crippen LogP contribution in [0.15, 0.2) is 29.2 Å². The van der Waals surface area contributed by atoms with Gasteiger partial charge in [-0.2, -0.15) is 0 Å². The molecule has 0 aliphatic heterocycles. The summed E-state index contributed by atoms with van der Waals surface area (Å²) in [6, 6.07) is 5.11. The van der Waals surface area contributed by atoms with Gasteiger partial charge in [-0.15, -0.1) is 0 Å². The van der Waals surface area contributed by atoms with Crippen molar-refractivity contribution in [3.8, 4) is 0 Å². The minimum absolute atomic E-state index is 0.00880. The van der Waals surface area contributed by atoms with Crippen molar-refractivity contribution < 1.29 is 14.3 Å². The van der Waals surface area contributed by atoms with Gasteiger partial charge in [0.1, 0.15) is 0 Å². The summed E-state index contributed by atoms with van der Waals surface area (Å²) >= 11 is 0. The third-order valence-corrected chi connectivity index (χ3v) is 3.79. The molecular formula is C15H21NO4. The minimum Gasteiger partial charge on any atom is -0.469 e. The number of hydrogen-bond acceptors (Lipinski definition) is 4. The van der Waals surface area contributed by atoms with Crippen molar-refractivity contribution in [1.29, 1.82) is 0 Å². The first-order chi connectivity index (χ1) is 9.70. The molecule has 1 saturated carbocycles. The largest absolute Gasteiger partial charge is 0.469 e. The van der Waals surface area contributed by atoms with Gasteiger partial charge < -0.3 is 14.0 Å². The van der Waals surface area contributed by atoms with Crippen LogP contribution < -0.4 is 5.56 Å². The highest BCUT2D eigenvalue weighted by molar-refractivity contribution is 5.72. The van der Waals surface area contributed by atoms with Crippen LogP contribution in [0.2, 0.25) is 0 Å². The summed E-state index contributed by atoms with van der Waals surface area (Å²) in [5.74, 6) is -0.0871. The Labute approximate surface area is 118 Å². The number of rotatable bonds is 5. The van der Waals surface area contributed by atoms with Crippen LogP contribution in [0.1, 0.15) is 25.7 Å². The van der Waals surface area contributed by atoms with Crippen molar-refractivity contribution in [3.05, 3.63) is 34.7 Å². The molecule has 1 aliphatic rings. The molecule has 1 heterocycles. The average molecular weight is 279 g/mol. The lowest BCUT2D eigenvalue weighted by atomic mass is 9.87. The first-order valence-corrected chi connectivity index (χ1v) is 7.05. The van der Waals surface area contributed by atoms with Crippen LogP contribution in [0.3, 0.4) is 0 Å². The molecule has 5 nitrogen and oxygen atoms in total. The van der Waals surface area contributed by atoms with Gasteiger partial charge in [-0.3, -0.25) is 9.59 Å². The van der Waals surface area contributed by atoms with E-state index in [0.29, 0.717) is 13.2 Å². The summed E-state index contributed by atoms with van der Waals surface area (Å²) in [4.78, 5) is 22.9.